The third-order valence-electron chi connectivity index (χ3n) is 5.49. The van der Waals surface area contributed by atoms with Crippen molar-refractivity contribution < 1.29 is 13.2 Å². The summed E-state index contributed by atoms with van der Waals surface area (Å²) < 4.78 is 25.1. The number of carbonyl (C=O) groups is 1. The van der Waals surface area contributed by atoms with Crippen LogP contribution in [0.15, 0.2) is 12.2 Å². The van der Waals surface area contributed by atoms with E-state index < -0.39 is 10.0 Å². The minimum Gasteiger partial charge on any atom is -0.300 e. The molecule has 0 amide bonds. The molecule has 0 N–H and O–H groups in total. The molecule has 130 valence electrons. The Hall–Kier alpha value is -0.720. The second kappa shape index (κ2) is 7.03. The summed E-state index contributed by atoms with van der Waals surface area (Å²) in [6.45, 7) is 3.97. The summed E-state index contributed by atoms with van der Waals surface area (Å²) in [5.74, 6) is 0.739. The fourth-order valence-corrected chi connectivity index (χ4v) is 4.82. The van der Waals surface area contributed by atoms with Gasteiger partial charge in [-0.2, -0.15) is 0 Å². The average molecular weight is 340 g/mol. The molecule has 0 aromatic rings. The van der Waals surface area contributed by atoms with Crippen molar-refractivity contribution in [2.45, 2.75) is 32.1 Å². The van der Waals surface area contributed by atoms with Gasteiger partial charge in [0.2, 0.25) is 10.0 Å². The van der Waals surface area contributed by atoms with Crippen LogP contribution in [0.25, 0.3) is 0 Å². The minimum absolute atomic E-state index is 0.116. The summed E-state index contributed by atoms with van der Waals surface area (Å²) in [7, 11) is -3.20. The van der Waals surface area contributed by atoms with Crippen LogP contribution in [-0.2, 0) is 14.8 Å². The fourth-order valence-electron chi connectivity index (χ4n) is 3.95. The number of ketones is 1. The highest BCUT2D eigenvalue weighted by molar-refractivity contribution is 7.88. The van der Waals surface area contributed by atoms with Crippen LogP contribution in [0.3, 0.4) is 0 Å². The lowest BCUT2D eigenvalue weighted by molar-refractivity contribution is -0.119. The number of likely N-dealkylation sites (tertiary alicyclic amines) is 1. The van der Waals surface area contributed by atoms with Crippen LogP contribution in [-0.4, -0.2) is 62.4 Å². The Kier molecular flexibility index (Phi) is 5.23. The molecule has 0 radical (unpaired) electrons. The Morgan fingerprint density at radius 1 is 1.13 bits per heavy atom. The van der Waals surface area contributed by atoms with Crippen LogP contribution in [0.5, 0.6) is 0 Å². The van der Waals surface area contributed by atoms with E-state index in [1.165, 1.54) is 29.8 Å². The van der Waals surface area contributed by atoms with E-state index in [4.69, 9.17) is 0 Å². The molecule has 1 saturated carbocycles. The standard InChI is InChI=1S/C17H28N2O3S/c1-23(21,22)19-12-15(14-7-8-14)16(13-19)17(20)6-5-11-18-9-3-2-4-10-18/h5-6,14-16H,2-4,7-13H2,1H3/t15-,16?/m1/s1. The van der Waals surface area contributed by atoms with Crippen LogP contribution in [0, 0.1) is 17.8 Å². The summed E-state index contributed by atoms with van der Waals surface area (Å²) in [4.78, 5) is 15.0. The van der Waals surface area contributed by atoms with Gasteiger partial charge in [0.05, 0.1) is 6.26 Å². The Labute approximate surface area is 139 Å². The normalized spacial score (nSPS) is 31.0. The molecular weight excluding hydrogens is 312 g/mol. The monoisotopic (exact) mass is 340 g/mol. The van der Waals surface area contributed by atoms with E-state index in [-0.39, 0.29) is 17.6 Å². The van der Waals surface area contributed by atoms with Gasteiger partial charge in [0.15, 0.2) is 5.78 Å². The van der Waals surface area contributed by atoms with Crippen LogP contribution >= 0.6 is 0 Å². The molecule has 0 aromatic heterocycles. The van der Waals surface area contributed by atoms with Gasteiger partial charge in [-0.05, 0) is 56.7 Å². The maximum absolute atomic E-state index is 12.6. The van der Waals surface area contributed by atoms with Gasteiger partial charge in [-0.3, -0.25) is 9.69 Å². The SMILES string of the molecule is CS(=O)(=O)N1CC(C(=O)C=CCN2CCCCC2)[C@@H](C2CC2)C1. The van der Waals surface area contributed by atoms with Gasteiger partial charge in [-0.25, -0.2) is 12.7 Å². The van der Waals surface area contributed by atoms with Crippen LogP contribution in [0.2, 0.25) is 0 Å². The van der Waals surface area contributed by atoms with Crippen LogP contribution in [0.1, 0.15) is 32.1 Å². The first kappa shape index (κ1) is 17.1. The number of sulfonamides is 1. The lowest BCUT2D eigenvalue weighted by Gasteiger charge is -2.24. The smallest absolute Gasteiger partial charge is 0.211 e. The number of rotatable bonds is 6. The molecule has 23 heavy (non-hydrogen) atoms. The number of carbonyl (C=O) groups excluding carboxylic acids is 1. The summed E-state index contributed by atoms with van der Waals surface area (Å²) >= 11 is 0. The quantitative estimate of drug-likeness (QED) is 0.688. The zero-order valence-electron chi connectivity index (χ0n) is 14.0. The molecule has 0 bridgehead atoms. The van der Waals surface area contributed by atoms with Crippen LogP contribution in [0.4, 0.5) is 0 Å². The van der Waals surface area contributed by atoms with Crippen molar-refractivity contribution in [1.82, 2.24) is 9.21 Å². The molecule has 6 heteroatoms. The van der Waals surface area contributed by atoms with E-state index in [9.17, 15) is 13.2 Å². The molecule has 2 heterocycles. The minimum atomic E-state index is -3.20. The summed E-state index contributed by atoms with van der Waals surface area (Å²) in [5.41, 5.74) is 0. The average Bonchev–Trinajstić information content (AvgIpc) is 3.25. The lowest BCUT2D eigenvalue weighted by atomic mass is 9.88. The van der Waals surface area contributed by atoms with E-state index >= 15 is 0 Å². The van der Waals surface area contributed by atoms with E-state index in [1.54, 1.807) is 6.08 Å². The zero-order chi connectivity index (χ0) is 16.4. The molecule has 2 atom stereocenters. The Balaban J connectivity index is 1.58. The highest BCUT2D eigenvalue weighted by Crippen LogP contribution is 2.44. The van der Waals surface area contributed by atoms with Gasteiger partial charge in [0.1, 0.15) is 0 Å². The van der Waals surface area contributed by atoms with Gasteiger partial charge >= 0.3 is 0 Å². The first-order valence-corrected chi connectivity index (χ1v) is 10.7. The lowest BCUT2D eigenvalue weighted by Crippen LogP contribution is -2.30. The zero-order valence-corrected chi connectivity index (χ0v) is 14.8. The number of hydrogen-bond acceptors (Lipinski definition) is 4. The molecule has 2 aliphatic heterocycles. The van der Waals surface area contributed by atoms with Crippen molar-refractivity contribution in [3.05, 3.63) is 12.2 Å². The van der Waals surface area contributed by atoms with Crippen molar-refractivity contribution in [2.75, 3.05) is 39.0 Å². The molecule has 5 nitrogen and oxygen atoms in total. The van der Waals surface area contributed by atoms with E-state index in [0.717, 1.165) is 32.5 Å². The second-order valence-corrected chi connectivity index (χ2v) is 9.34. The summed E-state index contributed by atoms with van der Waals surface area (Å²) in [6, 6.07) is 0. The Morgan fingerprint density at radius 3 is 2.43 bits per heavy atom. The molecular formula is C17H28N2O3S. The predicted octanol–water partition coefficient (Wildman–Crippen LogP) is 1.52. The number of nitrogens with zero attached hydrogens (tertiary/aromatic N) is 2. The number of hydrogen-bond donors (Lipinski definition) is 0. The van der Waals surface area contributed by atoms with Gasteiger partial charge in [-0.15, -0.1) is 0 Å². The molecule has 0 aromatic carbocycles. The van der Waals surface area contributed by atoms with Crippen molar-refractivity contribution in [3.8, 4) is 0 Å². The van der Waals surface area contributed by atoms with E-state index in [1.807, 2.05) is 6.08 Å². The van der Waals surface area contributed by atoms with E-state index in [0.29, 0.717) is 19.0 Å². The molecule has 1 unspecified atom stereocenters. The van der Waals surface area contributed by atoms with Crippen molar-refractivity contribution in [3.63, 3.8) is 0 Å². The van der Waals surface area contributed by atoms with Crippen molar-refractivity contribution >= 4 is 15.8 Å². The number of allylic oxidation sites excluding steroid dienone is 1. The Bertz CT molecular complexity index is 562. The molecule has 0 spiro atoms. The van der Waals surface area contributed by atoms with Gasteiger partial charge in [0, 0.05) is 25.6 Å². The summed E-state index contributed by atoms with van der Waals surface area (Å²) in [5, 5.41) is 0. The third kappa shape index (κ3) is 4.43. The third-order valence-corrected chi connectivity index (χ3v) is 6.72. The highest BCUT2D eigenvalue weighted by atomic mass is 32.2. The molecule has 3 rings (SSSR count). The summed E-state index contributed by atoms with van der Waals surface area (Å²) in [6.07, 6.45) is 11.0. The predicted molar refractivity (Wildman–Crippen MR) is 90.6 cm³/mol. The van der Waals surface area contributed by atoms with E-state index in [2.05, 4.69) is 4.90 Å². The van der Waals surface area contributed by atoms with Crippen LogP contribution < -0.4 is 0 Å². The van der Waals surface area contributed by atoms with Crippen molar-refractivity contribution in [1.29, 1.82) is 0 Å². The second-order valence-electron chi connectivity index (χ2n) is 7.35. The fraction of sp³-hybridized carbons (Fsp3) is 0.824. The molecule has 2 saturated heterocycles. The first-order valence-electron chi connectivity index (χ1n) is 8.83. The molecule has 3 aliphatic rings. The van der Waals surface area contributed by atoms with Gasteiger partial charge < -0.3 is 0 Å². The van der Waals surface area contributed by atoms with Gasteiger partial charge in [0.25, 0.3) is 0 Å². The largest absolute Gasteiger partial charge is 0.300 e. The maximum Gasteiger partial charge on any atom is 0.211 e. The van der Waals surface area contributed by atoms with Gasteiger partial charge in [-0.1, -0.05) is 12.5 Å². The maximum atomic E-state index is 12.6. The van der Waals surface area contributed by atoms with Crippen molar-refractivity contribution in [2.24, 2.45) is 17.8 Å². The first-order chi connectivity index (χ1) is 10.9. The number of piperidine rings is 1. The molecule has 3 fully saturated rings. The molecule has 1 aliphatic carbocycles. The highest BCUT2D eigenvalue weighted by Gasteiger charge is 2.46. The Morgan fingerprint density at radius 2 is 1.83 bits per heavy atom. The topological polar surface area (TPSA) is 57.7 Å².